The maximum Gasteiger partial charge on any atom is 0.0126 e. The second-order valence-corrected chi connectivity index (χ2v) is 5.11. The molecule has 2 aliphatic carbocycles. The predicted molar refractivity (Wildman–Crippen MR) is 50.0 cm³/mol. The molecule has 0 unspecified atom stereocenters. The van der Waals surface area contributed by atoms with E-state index in [0.717, 1.165) is 23.8 Å². The van der Waals surface area contributed by atoms with E-state index in [1.165, 1.54) is 25.8 Å². The van der Waals surface area contributed by atoms with Crippen LogP contribution in [-0.4, -0.2) is 24.5 Å². The molecular weight excluding hydrogens is 146 g/mol. The van der Waals surface area contributed by atoms with E-state index in [9.17, 15) is 0 Å². The molecule has 3 rings (SSSR count). The molecule has 0 aromatic rings. The lowest BCUT2D eigenvalue weighted by Gasteiger charge is -2.33. The summed E-state index contributed by atoms with van der Waals surface area (Å²) in [4.78, 5) is 2.64. The van der Waals surface area contributed by atoms with Crippen LogP contribution in [0.2, 0.25) is 0 Å². The molecule has 0 spiro atoms. The predicted octanol–water partition coefficient (Wildman–Crippen LogP) is 2.13. The van der Waals surface area contributed by atoms with Gasteiger partial charge in [0.2, 0.25) is 0 Å². The summed E-state index contributed by atoms with van der Waals surface area (Å²) in [6.45, 7) is 1.41. The third kappa shape index (κ3) is 0.834. The van der Waals surface area contributed by atoms with E-state index in [1.807, 2.05) is 0 Å². The fraction of sp³-hybridized carbons (Fsp3) is 1.00. The first-order chi connectivity index (χ1) is 5.86. The Morgan fingerprint density at radius 2 is 1.83 bits per heavy atom. The molecule has 1 aliphatic heterocycles. The molecule has 1 heteroatoms. The zero-order chi connectivity index (χ0) is 8.13. The number of hydrogen-bond donors (Lipinski definition) is 0. The molecule has 0 amide bonds. The lowest BCUT2D eigenvalue weighted by molar-refractivity contribution is 0.166. The molecule has 0 N–H and O–H groups in total. The van der Waals surface area contributed by atoms with E-state index in [1.54, 1.807) is 12.8 Å². The van der Waals surface area contributed by atoms with Crippen molar-refractivity contribution in [2.75, 3.05) is 13.6 Å². The van der Waals surface area contributed by atoms with Crippen molar-refractivity contribution < 1.29 is 0 Å². The van der Waals surface area contributed by atoms with Gasteiger partial charge >= 0.3 is 0 Å². The van der Waals surface area contributed by atoms with Crippen molar-refractivity contribution in [2.45, 2.75) is 38.1 Å². The quantitative estimate of drug-likeness (QED) is 0.531. The number of nitrogens with zero attached hydrogens (tertiary/aromatic N) is 1. The lowest BCUT2D eigenvalue weighted by Crippen LogP contribution is -2.35. The zero-order valence-corrected chi connectivity index (χ0v) is 8.00. The van der Waals surface area contributed by atoms with Crippen LogP contribution >= 0.6 is 0 Å². The minimum Gasteiger partial charge on any atom is -0.303 e. The van der Waals surface area contributed by atoms with Crippen molar-refractivity contribution in [3.63, 3.8) is 0 Å². The molecule has 1 saturated heterocycles. The van der Waals surface area contributed by atoms with E-state index >= 15 is 0 Å². The van der Waals surface area contributed by atoms with E-state index in [4.69, 9.17) is 0 Å². The SMILES string of the molecule is CN1C[C@H]2CC[C@H]3CCC[C@@H]1[C@H]32. The highest BCUT2D eigenvalue weighted by atomic mass is 15.2. The highest BCUT2D eigenvalue weighted by Gasteiger charge is 2.48. The van der Waals surface area contributed by atoms with Gasteiger partial charge in [-0.1, -0.05) is 12.8 Å². The fourth-order valence-electron chi connectivity index (χ4n) is 4.18. The summed E-state index contributed by atoms with van der Waals surface area (Å²) in [5.41, 5.74) is 0. The van der Waals surface area contributed by atoms with Crippen molar-refractivity contribution in [1.29, 1.82) is 0 Å². The van der Waals surface area contributed by atoms with Gasteiger partial charge in [-0.15, -0.1) is 0 Å². The third-order valence-corrected chi connectivity index (χ3v) is 4.60. The van der Waals surface area contributed by atoms with Gasteiger partial charge in [0.1, 0.15) is 0 Å². The molecule has 2 saturated carbocycles. The first-order valence-corrected chi connectivity index (χ1v) is 5.56. The summed E-state index contributed by atoms with van der Waals surface area (Å²) in [6, 6.07) is 0.983. The molecule has 4 atom stereocenters. The van der Waals surface area contributed by atoms with E-state index in [0.29, 0.717) is 0 Å². The average molecular weight is 165 g/mol. The monoisotopic (exact) mass is 165 g/mol. The normalized spacial score (nSPS) is 52.8. The van der Waals surface area contributed by atoms with Crippen LogP contribution < -0.4 is 0 Å². The van der Waals surface area contributed by atoms with E-state index in [-0.39, 0.29) is 0 Å². The first-order valence-electron chi connectivity index (χ1n) is 5.56. The minimum absolute atomic E-state index is 0.983. The smallest absolute Gasteiger partial charge is 0.0126 e. The van der Waals surface area contributed by atoms with E-state index in [2.05, 4.69) is 11.9 Å². The van der Waals surface area contributed by atoms with Crippen molar-refractivity contribution in [3.05, 3.63) is 0 Å². The van der Waals surface area contributed by atoms with Gasteiger partial charge in [-0.05, 0) is 44.1 Å². The second-order valence-electron chi connectivity index (χ2n) is 5.11. The molecule has 0 radical (unpaired) electrons. The molecule has 3 fully saturated rings. The van der Waals surface area contributed by atoms with Crippen LogP contribution in [0.3, 0.4) is 0 Å². The Labute approximate surface area is 75.1 Å². The van der Waals surface area contributed by atoms with Gasteiger partial charge in [0.05, 0.1) is 0 Å². The third-order valence-electron chi connectivity index (χ3n) is 4.60. The van der Waals surface area contributed by atoms with Crippen molar-refractivity contribution in [3.8, 4) is 0 Å². The van der Waals surface area contributed by atoms with Crippen molar-refractivity contribution in [1.82, 2.24) is 4.90 Å². The molecule has 0 aromatic carbocycles. The molecule has 1 nitrogen and oxygen atoms in total. The van der Waals surface area contributed by atoms with Crippen LogP contribution in [-0.2, 0) is 0 Å². The van der Waals surface area contributed by atoms with Crippen LogP contribution in [0, 0.1) is 17.8 Å². The largest absolute Gasteiger partial charge is 0.303 e. The highest BCUT2D eigenvalue weighted by molar-refractivity contribution is 5.01. The fourth-order valence-corrected chi connectivity index (χ4v) is 4.18. The van der Waals surface area contributed by atoms with Gasteiger partial charge in [0, 0.05) is 12.6 Å². The van der Waals surface area contributed by atoms with Crippen molar-refractivity contribution in [2.24, 2.45) is 17.8 Å². The van der Waals surface area contributed by atoms with Gasteiger partial charge in [-0.2, -0.15) is 0 Å². The van der Waals surface area contributed by atoms with Crippen LogP contribution in [0.25, 0.3) is 0 Å². The maximum atomic E-state index is 2.64. The van der Waals surface area contributed by atoms with Gasteiger partial charge < -0.3 is 4.90 Å². The Bertz CT molecular complexity index is 185. The van der Waals surface area contributed by atoms with Gasteiger partial charge in [-0.25, -0.2) is 0 Å². The standard InChI is InChI=1S/C11H19N/c1-12-7-9-6-5-8-3-2-4-10(12)11(8)9/h8-11H,2-7H2,1H3/t8-,9-,10-,11-/m1/s1. The molecule has 1 heterocycles. The Morgan fingerprint density at radius 1 is 1.00 bits per heavy atom. The summed E-state index contributed by atoms with van der Waals surface area (Å²) >= 11 is 0. The Morgan fingerprint density at radius 3 is 2.75 bits per heavy atom. The molecule has 12 heavy (non-hydrogen) atoms. The summed E-state index contributed by atoms with van der Waals surface area (Å²) in [6.07, 6.45) is 7.64. The van der Waals surface area contributed by atoms with Crippen LogP contribution in [0.5, 0.6) is 0 Å². The lowest BCUT2D eigenvalue weighted by atomic mass is 9.77. The second kappa shape index (κ2) is 2.47. The molecular formula is C11H19N. The first kappa shape index (κ1) is 7.37. The topological polar surface area (TPSA) is 3.24 Å². The van der Waals surface area contributed by atoms with E-state index < -0.39 is 0 Å². The molecule has 3 aliphatic rings. The van der Waals surface area contributed by atoms with Gasteiger partial charge in [0.25, 0.3) is 0 Å². The van der Waals surface area contributed by atoms with Crippen molar-refractivity contribution >= 4 is 0 Å². The number of hydrogen-bond acceptors (Lipinski definition) is 1. The summed E-state index contributed by atoms with van der Waals surface area (Å²) in [5.74, 6) is 3.33. The van der Waals surface area contributed by atoms with Gasteiger partial charge in [-0.3, -0.25) is 0 Å². The minimum atomic E-state index is 0.983. The summed E-state index contributed by atoms with van der Waals surface area (Å²) in [5, 5.41) is 0. The van der Waals surface area contributed by atoms with Crippen LogP contribution in [0.1, 0.15) is 32.1 Å². The summed E-state index contributed by atoms with van der Waals surface area (Å²) in [7, 11) is 2.34. The Balaban J connectivity index is 1.89. The zero-order valence-electron chi connectivity index (χ0n) is 8.00. The van der Waals surface area contributed by atoms with Gasteiger partial charge in [0.15, 0.2) is 0 Å². The molecule has 68 valence electrons. The number of likely N-dealkylation sites (tertiary alicyclic amines) is 1. The average Bonchev–Trinajstić information content (AvgIpc) is 2.61. The highest BCUT2D eigenvalue weighted by Crippen LogP contribution is 2.51. The maximum absolute atomic E-state index is 2.64. The molecule has 0 bridgehead atoms. The number of rotatable bonds is 0. The Kier molecular flexibility index (Phi) is 1.52. The molecule has 0 aromatic heterocycles. The van der Waals surface area contributed by atoms with Crippen LogP contribution in [0.4, 0.5) is 0 Å². The summed E-state index contributed by atoms with van der Waals surface area (Å²) < 4.78 is 0. The van der Waals surface area contributed by atoms with Crippen LogP contribution in [0.15, 0.2) is 0 Å². The Hall–Kier alpha value is -0.0400.